The Balaban J connectivity index is 3.04. The summed E-state index contributed by atoms with van der Waals surface area (Å²) < 4.78 is 19.1. The van der Waals surface area contributed by atoms with E-state index in [1.165, 1.54) is 14.0 Å². The van der Waals surface area contributed by atoms with Crippen LogP contribution in [0.25, 0.3) is 0 Å². The minimum Gasteiger partial charge on any atom is -0.460 e. The van der Waals surface area contributed by atoms with Gasteiger partial charge in [0.15, 0.2) is 5.82 Å². The van der Waals surface area contributed by atoms with Gasteiger partial charge in [-0.05, 0) is 6.92 Å². The van der Waals surface area contributed by atoms with Gasteiger partial charge < -0.3 is 10.1 Å². The summed E-state index contributed by atoms with van der Waals surface area (Å²) in [5, 5.41) is 2.18. The molecule has 0 saturated heterocycles. The summed E-state index contributed by atoms with van der Waals surface area (Å²) in [5.74, 6) is -2.47. The molecule has 0 fully saturated rings. The van der Waals surface area contributed by atoms with Crippen LogP contribution >= 0.6 is 0 Å². The fourth-order valence-electron chi connectivity index (χ4n) is 1.10. The predicted molar refractivity (Wildman–Crippen MR) is 53.4 cm³/mol. The van der Waals surface area contributed by atoms with Crippen LogP contribution in [0.2, 0.25) is 0 Å². The molecule has 0 unspecified atom stereocenters. The van der Waals surface area contributed by atoms with Gasteiger partial charge in [0.25, 0.3) is 0 Å². The highest BCUT2D eigenvalue weighted by Crippen LogP contribution is 2.14. The Bertz CT molecular complexity index is 428. The molecule has 0 aliphatic rings. The summed E-state index contributed by atoms with van der Waals surface area (Å²) in [6, 6.07) is 0. The first-order valence-electron chi connectivity index (χ1n) is 4.64. The van der Waals surface area contributed by atoms with Crippen molar-refractivity contribution in [2.45, 2.75) is 13.8 Å². The standard InChI is InChI=1S/C9H12FN3O3/c1-4-16-9(15)8-12-7(11-5(2)14)6(10)13(8)3/h4H2,1-3H3,(H,11,14). The molecular formula is C9H12FN3O3. The molecule has 0 atom stereocenters. The van der Waals surface area contributed by atoms with Crippen molar-refractivity contribution in [1.82, 2.24) is 9.55 Å². The number of carbonyl (C=O) groups excluding carboxylic acids is 2. The minimum atomic E-state index is -0.793. The summed E-state index contributed by atoms with van der Waals surface area (Å²) in [6.07, 6.45) is 0. The summed E-state index contributed by atoms with van der Waals surface area (Å²) in [6.45, 7) is 3.02. The molecule has 0 aliphatic carbocycles. The number of esters is 1. The van der Waals surface area contributed by atoms with Gasteiger partial charge in [0.05, 0.1) is 6.61 Å². The lowest BCUT2D eigenvalue weighted by atomic mass is 10.6. The quantitative estimate of drug-likeness (QED) is 0.774. The summed E-state index contributed by atoms with van der Waals surface area (Å²) in [7, 11) is 1.32. The fourth-order valence-corrected chi connectivity index (χ4v) is 1.10. The molecule has 0 spiro atoms. The number of imidazole rings is 1. The fraction of sp³-hybridized carbons (Fsp3) is 0.444. The Morgan fingerprint density at radius 3 is 2.69 bits per heavy atom. The number of carbonyl (C=O) groups is 2. The van der Waals surface area contributed by atoms with Crippen LogP contribution in [0.15, 0.2) is 0 Å². The largest absolute Gasteiger partial charge is 0.460 e. The SMILES string of the molecule is CCOC(=O)c1nc(NC(C)=O)c(F)n1C. The van der Waals surface area contributed by atoms with E-state index in [-0.39, 0.29) is 18.2 Å². The average molecular weight is 229 g/mol. The van der Waals surface area contributed by atoms with Crippen LogP contribution in [-0.4, -0.2) is 28.0 Å². The first kappa shape index (κ1) is 12.2. The third-order valence-electron chi connectivity index (χ3n) is 1.78. The van der Waals surface area contributed by atoms with Crippen molar-refractivity contribution in [1.29, 1.82) is 0 Å². The Labute approximate surface area is 91.4 Å². The number of hydrogen-bond acceptors (Lipinski definition) is 4. The van der Waals surface area contributed by atoms with Gasteiger partial charge in [0.1, 0.15) is 0 Å². The third-order valence-corrected chi connectivity index (χ3v) is 1.78. The van der Waals surface area contributed by atoms with E-state index in [4.69, 9.17) is 0 Å². The van der Waals surface area contributed by atoms with Gasteiger partial charge in [-0.15, -0.1) is 0 Å². The molecule has 1 N–H and O–H groups in total. The van der Waals surface area contributed by atoms with Crippen LogP contribution in [-0.2, 0) is 16.6 Å². The smallest absolute Gasteiger partial charge is 0.374 e. The lowest BCUT2D eigenvalue weighted by Crippen LogP contribution is -2.11. The highest BCUT2D eigenvalue weighted by atomic mass is 19.1. The molecule has 0 radical (unpaired) electrons. The number of amides is 1. The Morgan fingerprint density at radius 1 is 1.56 bits per heavy atom. The molecule has 88 valence electrons. The molecule has 0 bridgehead atoms. The number of ether oxygens (including phenoxy) is 1. The number of nitrogens with one attached hydrogen (secondary N) is 1. The number of halogens is 1. The number of anilines is 1. The van der Waals surface area contributed by atoms with Gasteiger partial charge >= 0.3 is 5.97 Å². The molecule has 1 rings (SSSR count). The van der Waals surface area contributed by atoms with Gasteiger partial charge in [0.2, 0.25) is 17.7 Å². The van der Waals surface area contributed by atoms with Crippen LogP contribution in [0.5, 0.6) is 0 Å². The zero-order valence-electron chi connectivity index (χ0n) is 9.20. The maximum Gasteiger partial charge on any atom is 0.374 e. The van der Waals surface area contributed by atoms with Gasteiger partial charge in [-0.25, -0.2) is 9.78 Å². The topological polar surface area (TPSA) is 73.2 Å². The second kappa shape index (κ2) is 4.73. The van der Waals surface area contributed by atoms with E-state index in [2.05, 4.69) is 15.0 Å². The first-order valence-corrected chi connectivity index (χ1v) is 4.64. The first-order chi connectivity index (χ1) is 7.47. The van der Waals surface area contributed by atoms with E-state index in [0.717, 1.165) is 4.57 Å². The van der Waals surface area contributed by atoms with Crippen LogP contribution in [0.3, 0.4) is 0 Å². The lowest BCUT2D eigenvalue weighted by Gasteiger charge is -2.00. The Hall–Kier alpha value is -1.92. The van der Waals surface area contributed by atoms with Crippen molar-refractivity contribution >= 4 is 17.7 Å². The van der Waals surface area contributed by atoms with E-state index in [9.17, 15) is 14.0 Å². The average Bonchev–Trinajstić information content (AvgIpc) is 2.46. The Morgan fingerprint density at radius 2 is 2.19 bits per heavy atom. The van der Waals surface area contributed by atoms with Crippen molar-refractivity contribution in [2.24, 2.45) is 7.05 Å². The van der Waals surface area contributed by atoms with Gasteiger partial charge in [0, 0.05) is 14.0 Å². The maximum absolute atomic E-state index is 13.5. The minimum absolute atomic E-state index is 0.169. The number of rotatable bonds is 3. The van der Waals surface area contributed by atoms with Crippen molar-refractivity contribution in [3.8, 4) is 0 Å². The summed E-state index contributed by atoms with van der Waals surface area (Å²) in [5.41, 5.74) is 0. The van der Waals surface area contributed by atoms with E-state index in [1.807, 2.05) is 0 Å². The molecule has 0 aliphatic heterocycles. The number of aromatic nitrogens is 2. The molecule has 1 heterocycles. The van der Waals surface area contributed by atoms with Crippen LogP contribution in [0, 0.1) is 5.95 Å². The van der Waals surface area contributed by atoms with Gasteiger partial charge in [-0.1, -0.05) is 0 Å². The lowest BCUT2D eigenvalue weighted by molar-refractivity contribution is -0.114. The molecule has 1 aromatic rings. The second-order valence-electron chi connectivity index (χ2n) is 3.04. The molecular weight excluding hydrogens is 217 g/mol. The molecule has 1 amide bonds. The van der Waals surface area contributed by atoms with Gasteiger partial charge in [-0.2, -0.15) is 4.39 Å². The number of nitrogens with zero attached hydrogens (tertiary/aromatic N) is 2. The normalized spacial score (nSPS) is 10.0. The molecule has 0 aromatic carbocycles. The van der Waals surface area contributed by atoms with E-state index < -0.39 is 17.8 Å². The van der Waals surface area contributed by atoms with Crippen molar-refractivity contribution in [3.05, 3.63) is 11.8 Å². The molecule has 7 heteroatoms. The van der Waals surface area contributed by atoms with Crippen LogP contribution < -0.4 is 5.32 Å². The second-order valence-corrected chi connectivity index (χ2v) is 3.04. The highest BCUT2D eigenvalue weighted by molar-refractivity contribution is 5.90. The highest BCUT2D eigenvalue weighted by Gasteiger charge is 2.21. The summed E-state index contributed by atoms with van der Waals surface area (Å²) in [4.78, 5) is 25.7. The van der Waals surface area contributed by atoms with Crippen LogP contribution in [0.1, 0.15) is 24.5 Å². The molecule has 0 saturated carbocycles. The van der Waals surface area contributed by atoms with Gasteiger partial charge in [-0.3, -0.25) is 9.36 Å². The van der Waals surface area contributed by atoms with Crippen molar-refractivity contribution < 1.29 is 18.7 Å². The van der Waals surface area contributed by atoms with E-state index in [1.54, 1.807) is 6.92 Å². The van der Waals surface area contributed by atoms with Crippen molar-refractivity contribution in [3.63, 3.8) is 0 Å². The van der Waals surface area contributed by atoms with Crippen LogP contribution in [0.4, 0.5) is 10.2 Å². The van der Waals surface area contributed by atoms with E-state index in [0.29, 0.717) is 0 Å². The molecule has 16 heavy (non-hydrogen) atoms. The van der Waals surface area contributed by atoms with E-state index >= 15 is 0 Å². The Kier molecular flexibility index (Phi) is 3.60. The predicted octanol–water partition coefficient (Wildman–Crippen LogP) is 0.694. The molecule has 6 nitrogen and oxygen atoms in total. The molecule has 1 aromatic heterocycles. The summed E-state index contributed by atoms with van der Waals surface area (Å²) >= 11 is 0. The monoisotopic (exact) mass is 229 g/mol. The maximum atomic E-state index is 13.5. The van der Waals surface area contributed by atoms with Crippen molar-refractivity contribution in [2.75, 3.05) is 11.9 Å². The third kappa shape index (κ3) is 2.36. The number of hydrogen-bond donors (Lipinski definition) is 1. The zero-order valence-corrected chi connectivity index (χ0v) is 9.20. The zero-order chi connectivity index (χ0) is 12.3.